The Bertz CT molecular complexity index is 340. The number of nitrogens with one attached hydrogen (secondary N) is 1. The minimum Gasteiger partial charge on any atom is -0.349 e. The van der Waals surface area contributed by atoms with Gasteiger partial charge in [-0.15, -0.1) is 0 Å². The topological polar surface area (TPSA) is 68.0 Å². The van der Waals surface area contributed by atoms with Crippen molar-refractivity contribution in [3.8, 4) is 0 Å². The van der Waals surface area contributed by atoms with Crippen LogP contribution in [-0.4, -0.2) is 17.4 Å². The van der Waals surface area contributed by atoms with Gasteiger partial charge in [0.1, 0.15) is 0 Å². The third kappa shape index (κ3) is 4.15. The van der Waals surface area contributed by atoms with E-state index in [1.807, 2.05) is 19.1 Å². The lowest BCUT2D eigenvalue weighted by atomic mass is 10.0. The number of carbonyl (C=O) groups excluding carboxylic acids is 1. The zero-order valence-corrected chi connectivity index (χ0v) is 10.5. The molecular weight excluding hydrogens is 214 g/mol. The Labute approximate surface area is 103 Å². The number of rotatable bonds is 6. The lowest BCUT2D eigenvalue weighted by Gasteiger charge is -2.19. The summed E-state index contributed by atoms with van der Waals surface area (Å²) in [4.78, 5) is 15.9. The summed E-state index contributed by atoms with van der Waals surface area (Å²) in [6.07, 6.45) is 5.26. The van der Waals surface area contributed by atoms with E-state index in [0.717, 1.165) is 18.4 Å². The molecular formula is C13H21N3O. The molecule has 0 radical (unpaired) electrons. The Morgan fingerprint density at radius 3 is 2.65 bits per heavy atom. The number of pyridine rings is 1. The molecule has 1 amide bonds. The van der Waals surface area contributed by atoms with Gasteiger partial charge in [-0.05, 0) is 31.0 Å². The summed E-state index contributed by atoms with van der Waals surface area (Å²) in [6.45, 7) is 4.43. The van der Waals surface area contributed by atoms with Gasteiger partial charge in [0.25, 0.3) is 0 Å². The first-order chi connectivity index (χ1) is 8.19. The van der Waals surface area contributed by atoms with Gasteiger partial charge in [-0.1, -0.05) is 13.3 Å². The highest BCUT2D eigenvalue weighted by Crippen LogP contribution is 2.12. The molecule has 0 aromatic carbocycles. The lowest BCUT2D eigenvalue weighted by Crippen LogP contribution is -2.36. The second kappa shape index (κ2) is 7.01. The first-order valence-electron chi connectivity index (χ1n) is 6.09. The van der Waals surface area contributed by atoms with Crippen molar-refractivity contribution < 1.29 is 4.79 Å². The highest BCUT2D eigenvalue weighted by Gasteiger charge is 2.17. The van der Waals surface area contributed by atoms with Gasteiger partial charge >= 0.3 is 0 Å². The van der Waals surface area contributed by atoms with Crippen LogP contribution >= 0.6 is 0 Å². The maximum Gasteiger partial charge on any atom is 0.224 e. The number of hydrogen-bond acceptors (Lipinski definition) is 3. The van der Waals surface area contributed by atoms with Gasteiger partial charge in [0.05, 0.1) is 12.0 Å². The SMILES string of the molecule is CCCC(CN)C(=O)N[C@@H](C)c1ccncc1. The van der Waals surface area contributed by atoms with Gasteiger partial charge in [-0.2, -0.15) is 0 Å². The standard InChI is InChI=1S/C13H21N3O/c1-3-4-12(9-14)13(17)16-10(2)11-5-7-15-8-6-11/h5-8,10,12H,3-4,9,14H2,1-2H3,(H,16,17)/t10-,12?/m0/s1. The molecule has 0 saturated heterocycles. The number of carbonyl (C=O) groups is 1. The molecule has 0 fully saturated rings. The molecule has 17 heavy (non-hydrogen) atoms. The van der Waals surface area contributed by atoms with Crippen molar-refractivity contribution in [1.29, 1.82) is 0 Å². The minimum absolute atomic E-state index is 0.00333. The summed E-state index contributed by atoms with van der Waals surface area (Å²) in [5, 5.41) is 2.99. The van der Waals surface area contributed by atoms with Crippen molar-refractivity contribution >= 4 is 5.91 Å². The normalized spacial score (nSPS) is 14.1. The van der Waals surface area contributed by atoms with Crippen LogP contribution in [0.25, 0.3) is 0 Å². The molecule has 0 spiro atoms. The summed E-state index contributed by atoms with van der Waals surface area (Å²) < 4.78 is 0. The van der Waals surface area contributed by atoms with E-state index in [2.05, 4.69) is 17.2 Å². The molecule has 2 atom stereocenters. The Hall–Kier alpha value is -1.42. The van der Waals surface area contributed by atoms with Gasteiger partial charge in [0, 0.05) is 18.9 Å². The Morgan fingerprint density at radius 2 is 2.12 bits per heavy atom. The molecule has 3 N–H and O–H groups in total. The van der Waals surface area contributed by atoms with Crippen LogP contribution in [0, 0.1) is 5.92 Å². The molecule has 0 bridgehead atoms. The van der Waals surface area contributed by atoms with Crippen LogP contribution in [0.5, 0.6) is 0 Å². The van der Waals surface area contributed by atoms with Crippen LogP contribution in [0.2, 0.25) is 0 Å². The number of nitrogens with two attached hydrogens (primary N) is 1. The molecule has 4 heteroatoms. The predicted octanol–water partition coefficient (Wildman–Crippen LogP) is 1.63. The van der Waals surface area contributed by atoms with E-state index in [4.69, 9.17) is 5.73 Å². The fourth-order valence-corrected chi connectivity index (χ4v) is 1.77. The van der Waals surface area contributed by atoms with E-state index in [9.17, 15) is 4.79 Å². The zero-order chi connectivity index (χ0) is 12.7. The Kier molecular flexibility index (Phi) is 5.63. The molecule has 0 aliphatic rings. The fourth-order valence-electron chi connectivity index (χ4n) is 1.77. The second-order valence-electron chi connectivity index (χ2n) is 4.23. The van der Waals surface area contributed by atoms with Crippen LogP contribution in [-0.2, 0) is 4.79 Å². The van der Waals surface area contributed by atoms with E-state index in [1.54, 1.807) is 12.4 Å². The van der Waals surface area contributed by atoms with Crippen molar-refractivity contribution in [2.24, 2.45) is 11.7 Å². The van der Waals surface area contributed by atoms with E-state index in [-0.39, 0.29) is 17.9 Å². The summed E-state index contributed by atoms with van der Waals surface area (Å²) in [5.74, 6) is -0.0389. The van der Waals surface area contributed by atoms with Crippen LogP contribution in [0.15, 0.2) is 24.5 Å². The fraction of sp³-hybridized carbons (Fsp3) is 0.538. The average molecular weight is 235 g/mol. The highest BCUT2D eigenvalue weighted by atomic mass is 16.1. The molecule has 1 heterocycles. The highest BCUT2D eigenvalue weighted by molar-refractivity contribution is 5.79. The second-order valence-corrected chi connectivity index (χ2v) is 4.23. The smallest absolute Gasteiger partial charge is 0.224 e. The maximum atomic E-state index is 11.9. The lowest BCUT2D eigenvalue weighted by molar-refractivity contribution is -0.125. The van der Waals surface area contributed by atoms with Crippen molar-refractivity contribution in [2.75, 3.05) is 6.54 Å². The molecule has 0 aliphatic heterocycles. The number of aromatic nitrogens is 1. The predicted molar refractivity (Wildman–Crippen MR) is 68.2 cm³/mol. The van der Waals surface area contributed by atoms with E-state index in [0.29, 0.717) is 6.54 Å². The van der Waals surface area contributed by atoms with Gasteiger partial charge in [0.15, 0.2) is 0 Å². The minimum atomic E-state index is -0.0794. The molecule has 1 unspecified atom stereocenters. The average Bonchev–Trinajstić information content (AvgIpc) is 2.36. The monoisotopic (exact) mass is 235 g/mol. The number of hydrogen-bond donors (Lipinski definition) is 2. The Morgan fingerprint density at radius 1 is 1.47 bits per heavy atom. The van der Waals surface area contributed by atoms with E-state index < -0.39 is 0 Å². The van der Waals surface area contributed by atoms with E-state index >= 15 is 0 Å². The van der Waals surface area contributed by atoms with Gasteiger partial charge < -0.3 is 11.1 Å². The summed E-state index contributed by atoms with van der Waals surface area (Å²) in [6, 6.07) is 3.81. The zero-order valence-electron chi connectivity index (χ0n) is 10.5. The van der Waals surface area contributed by atoms with Gasteiger partial charge in [-0.25, -0.2) is 0 Å². The molecule has 4 nitrogen and oxygen atoms in total. The third-order valence-electron chi connectivity index (χ3n) is 2.86. The largest absolute Gasteiger partial charge is 0.349 e. The molecule has 0 saturated carbocycles. The summed E-state index contributed by atoms with van der Waals surface area (Å²) >= 11 is 0. The number of amides is 1. The van der Waals surface area contributed by atoms with Crippen LogP contribution < -0.4 is 11.1 Å². The molecule has 1 aromatic rings. The first-order valence-corrected chi connectivity index (χ1v) is 6.09. The molecule has 0 aliphatic carbocycles. The van der Waals surface area contributed by atoms with Gasteiger partial charge in [-0.3, -0.25) is 9.78 Å². The molecule has 94 valence electrons. The summed E-state index contributed by atoms with van der Waals surface area (Å²) in [7, 11) is 0. The quantitative estimate of drug-likeness (QED) is 0.787. The number of nitrogens with zero attached hydrogens (tertiary/aromatic N) is 1. The first kappa shape index (κ1) is 13.6. The van der Waals surface area contributed by atoms with Gasteiger partial charge in [0.2, 0.25) is 5.91 Å². The van der Waals surface area contributed by atoms with Crippen molar-refractivity contribution in [2.45, 2.75) is 32.7 Å². The third-order valence-corrected chi connectivity index (χ3v) is 2.86. The van der Waals surface area contributed by atoms with Crippen LogP contribution in [0.4, 0.5) is 0 Å². The molecule has 1 rings (SSSR count). The Balaban J connectivity index is 2.56. The van der Waals surface area contributed by atoms with E-state index in [1.165, 1.54) is 0 Å². The van der Waals surface area contributed by atoms with Crippen LogP contribution in [0.1, 0.15) is 38.3 Å². The van der Waals surface area contributed by atoms with Crippen LogP contribution in [0.3, 0.4) is 0 Å². The van der Waals surface area contributed by atoms with Crippen molar-refractivity contribution in [3.63, 3.8) is 0 Å². The summed E-state index contributed by atoms with van der Waals surface area (Å²) in [5.41, 5.74) is 6.66. The van der Waals surface area contributed by atoms with Crippen molar-refractivity contribution in [1.82, 2.24) is 10.3 Å². The maximum absolute atomic E-state index is 11.9. The molecule has 1 aromatic heterocycles. The van der Waals surface area contributed by atoms with Crippen molar-refractivity contribution in [3.05, 3.63) is 30.1 Å².